The average Bonchev–Trinajstić information content (AvgIpc) is 2.64. The number of hydrogen-bond acceptors (Lipinski definition) is 2. The first-order chi connectivity index (χ1) is 8.22. The Kier molecular flexibility index (Phi) is 2.31. The third-order valence-corrected chi connectivity index (χ3v) is 3.35. The highest BCUT2D eigenvalue weighted by atomic mass is 35.5. The van der Waals surface area contributed by atoms with E-state index in [0.29, 0.717) is 6.54 Å². The number of fused-ring (bicyclic) bond motifs is 3. The van der Waals surface area contributed by atoms with Gasteiger partial charge in [-0.1, -0.05) is 23.7 Å². The Hall–Kier alpha value is -1.58. The number of aryl methyl sites for hydroxylation is 1. The molecular formula is C13H12ClN3. The smallest absolute Gasteiger partial charge is 0.137 e. The molecule has 0 aliphatic carbocycles. The van der Waals surface area contributed by atoms with Crippen LogP contribution in [0.4, 0.5) is 0 Å². The third-order valence-electron chi connectivity index (χ3n) is 3.05. The number of pyridine rings is 1. The molecule has 2 N–H and O–H groups in total. The van der Waals surface area contributed by atoms with Gasteiger partial charge in [0.25, 0.3) is 0 Å². The van der Waals surface area contributed by atoms with Crippen LogP contribution in [-0.4, -0.2) is 9.38 Å². The van der Waals surface area contributed by atoms with E-state index in [-0.39, 0.29) is 0 Å². The summed E-state index contributed by atoms with van der Waals surface area (Å²) in [6.45, 7) is 2.43. The molecule has 2 heterocycles. The first-order valence-electron chi connectivity index (χ1n) is 5.47. The lowest BCUT2D eigenvalue weighted by Crippen LogP contribution is -2.03. The highest BCUT2D eigenvalue weighted by Gasteiger charge is 2.11. The van der Waals surface area contributed by atoms with Crippen molar-refractivity contribution in [1.82, 2.24) is 9.38 Å². The summed E-state index contributed by atoms with van der Waals surface area (Å²) < 4.78 is 2.05. The molecule has 0 aliphatic heterocycles. The van der Waals surface area contributed by atoms with Gasteiger partial charge in [-0.05, 0) is 25.1 Å². The van der Waals surface area contributed by atoms with Crippen molar-refractivity contribution in [2.75, 3.05) is 0 Å². The molecule has 0 amide bonds. The van der Waals surface area contributed by atoms with E-state index in [2.05, 4.69) is 4.98 Å². The SMILES string of the molecule is Cc1nc2ccc3cccc(Cl)c3n2c1CN. The van der Waals surface area contributed by atoms with Gasteiger partial charge >= 0.3 is 0 Å². The van der Waals surface area contributed by atoms with Crippen molar-refractivity contribution in [1.29, 1.82) is 0 Å². The molecule has 17 heavy (non-hydrogen) atoms. The van der Waals surface area contributed by atoms with Crippen molar-refractivity contribution in [2.45, 2.75) is 13.5 Å². The Bertz CT molecular complexity index is 715. The van der Waals surface area contributed by atoms with Crippen molar-refractivity contribution in [3.05, 3.63) is 46.7 Å². The lowest BCUT2D eigenvalue weighted by molar-refractivity contribution is 0.961. The molecule has 0 unspecified atom stereocenters. The first-order valence-corrected chi connectivity index (χ1v) is 5.85. The average molecular weight is 246 g/mol. The zero-order valence-electron chi connectivity index (χ0n) is 9.44. The summed E-state index contributed by atoms with van der Waals surface area (Å²) in [6, 6.07) is 9.89. The predicted octanol–water partition coefficient (Wildman–Crippen LogP) is 2.91. The lowest BCUT2D eigenvalue weighted by Gasteiger charge is -2.07. The van der Waals surface area contributed by atoms with Gasteiger partial charge in [0.2, 0.25) is 0 Å². The van der Waals surface area contributed by atoms with Crippen LogP contribution in [0.2, 0.25) is 5.02 Å². The molecule has 0 atom stereocenters. The number of para-hydroxylation sites is 1. The molecule has 4 heteroatoms. The zero-order valence-corrected chi connectivity index (χ0v) is 10.2. The quantitative estimate of drug-likeness (QED) is 0.716. The van der Waals surface area contributed by atoms with Crippen molar-refractivity contribution in [3.63, 3.8) is 0 Å². The zero-order chi connectivity index (χ0) is 12.0. The van der Waals surface area contributed by atoms with Crippen LogP contribution >= 0.6 is 11.6 Å². The van der Waals surface area contributed by atoms with Gasteiger partial charge in [-0.2, -0.15) is 0 Å². The molecule has 0 saturated carbocycles. The molecule has 2 aromatic heterocycles. The summed E-state index contributed by atoms with van der Waals surface area (Å²) in [4.78, 5) is 4.50. The van der Waals surface area contributed by atoms with Crippen LogP contribution in [0.1, 0.15) is 11.4 Å². The van der Waals surface area contributed by atoms with Crippen molar-refractivity contribution < 1.29 is 0 Å². The van der Waals surface area contributed by atoms with Gasteiger partial charge in [0, 0.05) is 11.9 Å². The molecule has 0 fully saturated rings. The molecular weight excluding hydrogens is 234 g/mol. The van der Waals surface area contributed by atoms with Gasteiger partial charge in [0.1, 0.15) is 5.65 Å². The molecule has 86 valence electrons. The minimum Gasteiger partial charge on any atom is -0.325 e. The second-order valence-corrected chi connectivity index (χ2v) is 4.46. The molecule has 3 aromatic rings. The van der Waals surface area contributed by atoms with Gasteiger partial charge in [0.15, 0.2) is 0 Å². The highest BCUT2D eigenvalue weighted by Crippen LogP contribution is 2.26. The summed E-state index contributed by atoms with van der Waals surface area (Å²) in [5, 5.41) is 1.82. The maximum absolute atomic E-state index is 6.28. The summed E-state index contributed by atoms with van der Waals surface area (Å²) in [5.41, 5.74) is 9.64. The normalized spacial score (nSPS) is 11.5. The van der Waals surface area contributed by atoms with E-state index in [0.717, 1.165) is 33.0 Å². The molecule has 0 radical (unpaired) electrons. The fourth-order valence-electron chi connectivity index (χ4n) is 2.25. The first kappa shape index (κ1) is 10.6. The topological polar surface area (TPSA) is 43.3 Å². The van der Waals surface area contributed by atoms with Crippen LogP contribution in [-0.2, 0) is 6.54 Å². The van der Waals surface area contributed by atoms with Gasteiger partial charge in [-0.25, -0.2) is 4.98 Å². The Balaban J connectivity index is 2.61. The van der Waals surface area contributed by atoms with Gasteiger partial charge in [-0.15, -0.1) is 0 Å². The second kappa shape index (κ2) is 3.72. The van der Waals surface area contributed by atoms with Crippen LogP contribution in [0.5, 0.6) is 0 Å². The number of aromatic nitrogens is 2. The molecule has 0 spiro atoms. The second-order valence-electron chi connectivity index (χ2n) is 4.05. The van der Waals surface area contributed by atoms with Crippen LogP contribution in [0.25, 0.3) is 16.6 Å². The fourth-order valence-corrected chi connectivity index (χ4v) is 2.52. The molecule has 1 aromatic carbocycles. The summed E-state index contributed by atoms with van der Waals surface area (Å²) in [5.74, 6) is 0. The number of halogens is 1. The predicted molar refractivity (Wildman–Crippen MR) is 70.3 cm³/mol. The summed E-state index contributed by atoms with van der Waals surface area (Å²) in [7, 11) is 0. The van der Waals surface area contributed by atoms with Crippen LogP contribution in [0.15, 0.2) is 30.3 Å². The maximum Gasteiger partial charge on any atom is 0.137 e. The van der Waals surface area contributed by atoms with Crippen LogP contribution in [0, 0.1) is 6.92 Å². The van der Waals surface area contributed by atoms with E-state index in [9.17, 15) is 0 Å². The van der Waals surface area contributed by atoms with Crippen molar-refractivity contribution in [2.24, 2.45) is 5.73 Å². The van der Waals surface area contributed by atoms with Crippen LogP contribution in [0.3, 0.4) is 0 Å². The third kappa shape index (κ3) is 1.43. The summed E-state index contributed by atoms with van der Waals surface area (Å²) in [6.07, 6.45) is 0. The summed E-state index contributed by atoms with van der Waals surface area (Å²) >= 11 is 6.28. The molecule has 3 rings (SSSR count). The molecule has 0 bridgehead atoms. The standard InChI is InChI=1S/C13H12ClN3/c1-8-11(7-15)17-12(16-8)6-5-9-3-2-4-10(14)13(9)17/h2-6H,7,15H2,1H3. The molecule has 0 aliphatic rings. The van der Waals surface area contributed by atoms with E-state index >= 15 is 0 Å². The Morgan fingerprint density at radius 2 is 2.12 bits per heavy atom. The van der Waals surface area contributed by atoms with E-state index < -0.39 is 0 Å². The number of nitrogens with zero attached hydrogens (tertiary/aromatic N) is 2. The number of hydrogen-bond donors (Lipinski definition) is 1. The van der Waals surface area contributed by atoms with Crippen LogP contribution < -0.4 is 5.73 Å². The molecule has 0 saturated heterocycles. The minimum absolute atomic E-state index is 0.456. The number of nitrogens with two attached hydrogens (primary N) is 1. The van der Waals surface area contributed by atoms with E-state index in [1.807, 2.05) is 41.7 Å². The maximum atomic E-state index is 6.28. The number of benzene rings is 1. The van der Waals surface area contributed by atoms with Gasteiger partial charge in [-0.3, -0.25) is 4.40 Å². The Morgan fingerprint density at radius 3 is 2.88 bits per heavy atom. The monoisotopic (exact) mass is 245 g/mol. The molecule has 3 nitrogen and oxygen atoms in total. The van der Waals surface area contributed by atoms with Crippen molar-refractivity contribution in [3.8, 4) is 0 Å². The highest BCUT2D eigenvalue weighted by molar-refractivity contribution is 6.35. The Labute approximate surface area is 104 Å². The lowest BCUT2D eigenvalue weighted by atomic mass is 10.2. The van der Waals surface area contributed by atoms with Gasteiger partial charge < -0.3 is 5.73 Å². The van der Waals surface area contributed by atoms with E-state index in [4.69, 9.17) is 17.3 Å². The minimum atomic E-state index is 0.456. The fraction of sp³-hybridized carbons (Fsp3) is 0.154. The van der Waals surface area contributed by atoms with Crippen molar-refractivity contribution >= 4 is 28.2 Å². The van der Waals surface area contributed by atoms with E-state index in [1.165, 1.54) is 0 Å². The van der Waals surface area contributed by atoms with Gasteiger partial charge in [0.05, 0.1) is 21.9 Å². The largest absolute Gasteiger partial charge is 0.325 e. The number of rotatable bonds is 1. The Morgan fingerprint density at radius 1 is 1.29 bits per heavy atom. The number of imidazole rings is 1. The van der Waals surface area contributed by atoms with E-state index in [1.54, 1.807) is 0 Å².